The second-order valence-electron chi connectivity index (χ2n) is 5.34. The number of hydrogen-bond donors (Lipinski definition) is 1. The number of carbonyl (C=O) groups is 1. The van der Waals surface area contributed by atoms with Gasteiger partial charge >= 0.3 is 0 Å². The van der Waals surface area contributed by atoms with Gasteiger partial charge in [-0.2, -0.15) is 0 Å². The second kappa shape index (κ2) is 6.73. The molecule has 1 aliphatic heterocycles. The van der Waals surface area contributed by atoms with Gasteiger partial charge in [-0.3, -0.25) is 4.79 Å². The minimum atomic E-state index is -0.360. The van der Waals surface area contributed by atoms with Crippen molar-refractivity contribution < 1.29 is 9.18 Å². The highest BCUT2D eigenvalue weighted by Gasteiger charge is 2.25. The monoisotopic (exact) mass is 278 g/mol. The number of amides is 1. The van der Waals surface area contributed by atoms with Crippen LogP contribution in [-0.2, 0) is 0 Å². The lowest BCUT2D eigenvalue weighted by Gasteiger charge is -2.32. The van der Waals surface area contributed by atoms with Crippen LogP contribution >= 0.6 is 0 Å². The standard InChI is InChI=1S/C16H23FN2O/c1-3-12-8-10-19(11-9-12)16(20)13-6-5-7-14(17)15(13)18-4-2/h5-7,12,18H,3-4,8-11H2,1-2H3. The van der Waals surface area contributed by atoms with Gasteiger partial charge in [0.05, 0.1) is 11.3 Å². The molecule has 4 heteroatoms. The minimum absolute atomic E-state index is 0.0602. The van der Waals surface area contributed by atoms with Crippen molar-refractivity contribution in [1.29, 1.82) is 0 Å². The topological polar surface area (TPSA) is 32.3 Å². The van der Waals surface area contributed by atoms with Gasteiger partial charge in [0, 0.05) is 19.6 Å². The van der Waals surface area contributed by atoms with Gasteiger partial charge in [-0.15, -0.1) is 0 Å². The molecule has 2 rings (SSSR count). The Kier molecular flexibility index (Phi) is 4.99. The molecule has 0 unspecified atom stereocenters. The van der Waals surface area contributed by atoms with Crippen molar-refractivity contribution in [3.05, 3.63) is 29.6 Å². The van der Waals surface area contributed by atoms with E-state index >= 15 is 0 Å². The molecule has 0 saturated carbocycles. The maximum absolute atomic E-state index is 13.8. The van der Waals surface area contributed by atoms with Gasteiger partial charge in [0.1, 0.15) is 5.82 Å². The van der Waals surface area contributed by atoms with Crippen LogP contribution in [0.4, 0.5) is 10.1 Å². The van der Waals surface area contributed by atoms with E-state index in [1.807, 2.05) is 11.8 Å². The summed E-state index contributed by atoms with van der Waals surface area (Å²) in [5, 5.41) is 2.96. The SMILES string of the molecule is CCNc1c(F)cccc1C(=O)N1CCC(CC)CC1. The van der Waals surface area contributed by atoms with Crippen LogP contribution in [0, 0.1) is 11.7 Å². The molecule has 0 radical (unpaired) electrons. The van der Waals surface area contributed by atoms with Gasteiger partial charge < -0.3 is 10.2 Å². The molecule has 1 amide bonds. The zero-order valence-corrected chi connectivity index (χ0v) is 12.3. The number of carbonyl (C=O) groups excluding carboxylic acids is 1. The number of nitrogens with one attached hydrogen (secondary N) is 1. The van der Waals surface area contributed by atoms with E-state index in [9.17, 15) is 9.18 Å². The average molecular weight is 278 g/mol. The zero-order valence-electron chi connectivity index (χ0n) is 12.3. The summed E-state index contributed by atoms with van der Waals surface area (Å²) in [6.07, 6.45) is 3.27. The number of anilines is 1. The van der Waals surface area contributed by atoms with E-state index in [0.29, 0.717) is 17.8 Å². The van der Waals surface area contributed by atoms with Gasteiger partial charge in [0.15, 0.2) is 0 Å². The van der Waals surface area contributed by atoms with Crippen molar-refractivity contribution in [3.63, 3.8) is 0 Å². The van der Waals surface area contributed by atoms with Crippen molar-refractivity contribution >= 4 is 11.6 Å². The van der Waals surface area contributed by atoms with E-state index in [2.05, 4.69) is 12.2 Å². The van der Waals surface area contributed by atoms with Gasteiger partial charge in [-0.25, -0.2) is 4.39 Å². The summed E-state index contributed by atoms with van der Waals surface area (Å²) >= 11 is 0. The van der Waals surface area contributed by atoms with E-state index in [0.717, 1.165) is 31.8 Å². The molecule has 0 aliphatic carbocycles. The number of piperidine rings is 1. The first kappa shape index (κ1) is 14.8. The van der Waals surface area contributed by atoms with Crippen LogP contribution in [0.15, 0.2) is 18.2 Å². The quantitative estimate of drug-likeness (QED) is 0.914. The van der Waals surface area contributed by atoms with Gasteiger partial charge in [-0.1, -0.05) is 19.4 Å². The van der Waals surface area contributed by atoms with E-state index in [4.69, 9.17) is 0 Å². The molecular weight excluding hydrogens is 255 g/mol. The predicted molar refractivity (Wildman–Crippen MR) is 79.5 cm³/mol. The first-order valence-corrected chi connectivity index (χ1v) is 7.49. The maximum atomic E-state index is 13.8. The normalized spacial score (nSPS) is 16.2. The highest BCUT2D eigenvalue weighted by atomic mass is 19.1. The summed E-state index contributed by atoms with van der Waals surface area (Å²) in [6, 6.07) is 4.69. The molecule has 110 valence electrons. The molecule has 0 bridgehead atoms. The van der Waals surface area contributed by atoms with Crippen LogP contribution in [-0.4, -0.2) is 30.4 Å². The largest absolute Gasteiger partial charge is 0.382 e. The van der Waals surface area contributed by atoms with Crippen molar-refractivity contribution in [1.82, 2.24) is 4.90 Å². The number of nitrogens with zero attached hydrogens (tertiary/aromatic N) is 1. The maximum Gasteiger partial charge on any atom is 0.256 e. The summed E-state index contributed by atoms with van der Waals surface area (Å²) in [5.74, 6) is 0.302. The first-order chi connectivity index (χ1) is 9.67. The number of benzene rings is 1. The fourth-order valence-electron chi connectivity index (χ4n) is 2.77. The lowest BCUT2D eigenvalue weighted by Crippen LogP contribution is -2.38. The second-order valence-corrected chi connectivity index (χ2v) is 5.34. The number of likely N-dealkylation sites (tertiary alicyclic amines) is 1. The Labute approximate surface area is 120 Å². The van der Waals surface area contributed by atoms with Crippen molar-refractivity contribution in [3.8, 4) is 0 Å². The third-order valence-electron chi connectivity index (χ3n) is 4.08. The van der Waals surface area contributed by atoms with Crippen LogP contribution in [0.25, 0.3) is 0 Å². The van der Waals surface area contributed by atoms with Crippen molar-refractivity contribution in [2.45, 2.75) is 33.1 Å². The van der Waals surface area contributed by atoms with Crippen LogP contribution in [0.3, 0.4) is 0 Å². The van der Waals surface area contributed by atoms with Crippen molar-refractivity contribution in [2.24, 2.45) is 5.92 Å². The molecule has 0 atom stereocenters. The fraction of sp³-hybridized carbons (Fsp3) is 0.562. The molecule has 0 spiro atoms. The van der Waals surface area contributed by atoms with Gasteiger partial charge in [-0.05, 0) is 37.8 Å². The fourth-order valence-corrected chi connectivity index (χ4v) is 2.77. The molecule has 0 aromatic heterocycles. The molecule has 1 aromatic carbocycles. The summed E-state index contributed by atoms with van der Waals surface area (Å²) in [5.41, 5.74) is 0.777. The Balaban J connectivity index is 2.15. The Morgan fingerprint density at radius 3 is 2.65 bits per heavy atom. The van der Waals surface area contributed by atoms with Crippen LogP contribution in [0.2, 0.25) is 0 Å². The predicted octanol–water partition coefficient (Wildman–Crippen LogP) is 3.52. The van der Waals surface area contributed by atoms with E-state index in [1.54, 1.807) is 12.1 Å². The number of rotatable bonds is 4. The van der Waals surface area contributed by atoms with Crippen LogP contribution < -0.4 is 5.32 Å². The summed E-state index contributed by atoms with van der Waals surface area (Å²) < 4.78 is 13.8. The molecule has 1 aromatic rings. The molecule has 1 N–H and O–H groups in total. The van der Waals surface area contributed by atoms with E-state index in [1.165, 1.54) is 12.5 Å². The number of para-hydroxylation sites is 1. The van der Waals surface area contributed by atoms with E-state index in [-0.39, 0.29) is 11.7 Å². The highest BCUT2D eigenvalue weighted by Crippen LogP contribution is 2.25. The Morgan fingerprint density at radius 2 is 2.05 bits per heavy atom. The zero-order chi connectivity index (χ0) is 14.5. The van der Waals surface area contributed by atoms with Crippen molar-refractivity contribution in [2.75, 3.05) is 25.0 Å². The Bertz CT molecular complexity index is 468. The molecular formula is C16H23FN2O. The highest BCUT2D eigenvalue weighted by molar-refractivity contribution is 5.99. The molecule has 1 heterocycles. The summed E-state index contributed by atoms with van der Waals surface area (Å²) in [4.78, 5) is 14.4. The van der Waals surface area contributed by atoms with Gasteiger partial charge in [0.2, 0.25) is 0 Å². The number of hydrogen-bond acceptors (Lipinski definition) is 2. The number of halogens is 1. The molecule has 1 aliphatic rings. The minimum Gasteiger partial charge on any atom is -0.382 e. The molecule has 1 saturated heterocycles. The third-order valence-corrected chi connectivity index (χ3v) is 4.08. The lowest BCUT2D eigenvalue weighted by molar-refractivity contribution is 0.0689. The Morgan fingerprint density at radius 1 is 1.35 bits per heavy atom. The third kappa shape index (κ3) is 3.11. The molecule has 1 fully saturated rings. The molecule has 20 heavy (non-hydrogen) atoms. The Hall–Kier alpha value is -1.58. The summed E-state index contributed by atoms with van der Waals surface area (Å²) in [6.45, 7) is 6.24. The van der Waals surface area contributed by atoms with Crippen LogP contribution in [0.5, 0.6) is 0 Å². The summed E-state index contributed by atoms with van der Waals surface area (Å²) in [7, 11) is 0. The van der Waals surface area contributed by atoms with Crippen LogP contribution in [0.1, 0.15) is 43.5 Å². The van der Waals surface area contributed by atoms with Gasteiger partial charge in [0.25, 0.3) is 5.91 Å². The van der Waals surface area contributed by atoms with E-state index < -0.39 is 0 Å². The smallest absolute Gasteiger partial charge is 0.256 e. The lowest BCUT2D eigenvalue weighted by atomic mass is 9.94. The average Bonchev–Trinajstić information content (AvgIpc) is 2.49. The molecule has 3 nitrogen and oxygen atoms in total. The first-order valence-electron chi connectivity index (χ1n) is 7.49.